The number of ether oxygens (including phenoxy) is 1. The summed E-state index contributed by atoms with van der Waals surface area (Å²) < 4.78 is 5.47. The van der Waals surface area contributed by atoms with E-state index in [1.165, 1.54) is 32.1 Å². The monoisotopic (exact) mass is 174 g/mol. The fraction of sp³-hybridized carbons (Fsp3) is 1.00. The Morgan fingerprint density at radius 1 is 1.18 bits per heavy atom. The lowest BCUT2D eigenvalue weighted by Gasteiger charge is -2.19. The average molecular weight is 175 g/mol. The fourth-order valence-corrected chi connectivity index (χ4v) is 2.41. The van der Waals surface area contributed by atoms with Gasteiger partial charge in [0, 0.05) is 0 Å². The third-order valence-corrected chi connectivity index (χ3v) is 3.19. The van der Waals surface area contributed by atoms with Crippen LogP contribution in [0.5, 0.6) is 0 Å². The quantitative estimate of drug-likeness (QED) is 0.463. The molecule has 0 radical (unpaired) electrons. The van der Waals surface area contributed by atoms with Gasteiger partial charge in [0.25, 0.3) is 0 Å². The number of hydrogen-bond donors (Lipinski definition) is 0. The summed E-state index contributed by atoms with van der Waals surface area (Å²) in [6.45, 7) is 0. The number of rotatable bonds is 2. The van der Waals surface area contributed by atoms with Crippen molar-refractivity contribution in [2.24, 2.45) is 5.92 Å². The third-order valence-electron chi connectivity index (χ3n) is 2.89. The van der Waals surface area contributed by atoms with E-state index in [9.17, 15) is 0 Å². The van der Waals surface area contributed by atoms with Crippen molar-refractivity contribution < 1.29 is 4.74 Å². The van der Waals surface area contributed by atoms with Crippen molar-refractivity contribution in [3.05, 3.63) is 0 Å². The van der Waals surface area contributed by atoms with Gasteiger partial charge in [0.2, 0.25) is 0 Å². The van der Waals surface area contributed by atoms with Crippen LogP contribution in [0.15, 0.2) is 0 Å². The van der Waals surface area contributed by atoms with Gasteiger partial charge in [0.05, 0.1) is 18.1 Å². The van der Waals surface area contributed by atoms with Gasteiger partial charge >= 0.3 is 0 Å². The molecule has 64 valence electrons. The van der Waals surface area contributed by atoms with Crippen molar-refractivity contribution in [2.45, 2.75) is 44.3 Å². The van der Waals surface area contributed by atoms with Gasteiger partial charge in [-0.3, -0.25) is 0 Å². The zero-order valence-electron chi connectivity index (χ0n) is 6.76. The van der Waals surface area contributed by atoms with Gasteiger partial charge in [-0.2, -0.15) is 0 Å². The highest BCUT2D eigenvalue weighted by Gasteiger charge is 2.43. The molecule has 1 nitrogen and oxygen atoms in total. The van der Waals surface area contributed by atoms with Crippen LogP contribution in [0, 0.1) is 5.92 Å². The van der Waals surface area contributed by atoms with Gasteiger partial charge in [-0.05, 0) is 18.8 Å². The molecule has 2 atom stereocenters. The van der Waals surface area contributed by atoms with E-state index in [2.05, 4.69) is 0 Å². The molecule has 2 heteroatoms. The van der Waals surface area contributed by atoms with Crippen LogP contribution in [-0.2, 0) is 4.74 Å². The highest BCUT2D eigenvalue weighted by Crippen LogP contribution is 2.38. The van der Waals surface area contributed by atoms with Crippen LogP contribution in [0.1, 0.15) is 32.1 Å². The minimum absolute atomic E-state index is 0.403. The molecule has 1 aliphatic heterocycles. The fourth-order valence-electron chi connectivity index (χ4n) is 2.16. The van der Waals surface area contributed by atoms with E-state index in [4.69, 9.17) is 16.3 Å². The lowest BCUT2D eigenvalue weighted by atomic mass is 9.86. The van der Waals surface area contributed by atoms with Gasteiger partial charge in [-0.25, -0.2) is 0 Å². The zero-order chi connectivity index (χ0) is 7.68. The molecule has 1 saturated heterocycles. The number of alkyl halides is 1. The molecule has 1 aliphatic carbocycles. The van der Waals surface area contributed by atoms with Crippen molar-refractivity contribution in [3.63, 3.8) is 0 Å². The summed E-state index contributed by atoms with van der Waals surface area (Å²) in [7, 11) is 0. The highest BCUT2D eigenvalue weighted by molar-refractivity contribution is 6.18. The maximum Gasteiger partial charge on any atom is 0.0979 e. The SMILES string of the molecule is ClC[C@@H]1O[C@H]1C1CCCCC1. The van der Waals surface area contributed by atoms with E-state index < -0.39 is 0 Å². The van der Waals surface area contributed by atoms with E-state index in [0.29, 0.717) is 18.1 Å². The molecule has 0 amide bonds. The van der Waals surface area contributed by atoms with E-state index in [0.717, 1.165) is 5.92 Å². The Morgan fingerprint density at radius 3 is 2.45 bits per heavy atom. The van der Waals surface area contributed by atoms with E-state index in [1.807, 2.05) is 0 Å². The molecule has 2 aliphatic rings. The second-order valence-corrected chi connectivity index (χ2v) is 4.00. The maximum absolute atomic E-state index is 5.69. The molecule has 0 aromatic heterocycles. The van der Waals surface area contributed by atoms with Crippen LogP contribution < -0.4 is 0 Å². The number of epoxide rings is 1. The summed E-state index contributed by atoms with van der Waals surface area (Å²) in [6.07, 6.45) is 7.91. The predicted molar refractivity (Wildman–Crippen MR) is 46.0 cm³/mol. The van der Waals surface area contributed by atoms with Crippen LogP contribution in [-0.4, -0.2) is 18.1 Å². The first-order chi connectivity index (χ1) is 5.42. The molecule has 0 spiro atoms. The van der Waals surface area contributed by atoms with Gasteiger partial charge < -0.3 is 4.74 Å². The molecule has 2 fully saturated rings. The van der Waals surface area contributed by atoms with Gasteiger partial charge in [0.1, 0.15) is 0 Å². The smallest absolute Gasteiger partial charge is 0.0979 e. The molecule has 2 rings (SSSR count). The summed E-state index contributed by atoms with van der Waals surface area (Å²) in [4.78, 5) is 0. The predicted octanol–water partition coefficient (Wildman–Crippen LogP) is 2.57. The maximum atomic E-state index is 5.69. The normalized spacial score (nSPS) is 39.0. The first kappa shape index (κ1) is 7.88. The first-order valence-electron chi connectivity index (χ1n) is 4.63. The molecule has 1 heterocycles. The van der Waals surface area contributed by atoms with Crippen LogP contribution in [0.3, 0.4) is 0 Å². The largest absolute Gasteiger partial charge is 0.368 e. The van der Waals surface area contributed by atoms with Crippen molar-refractivity contribution >= 4 is 11.6 Å². The number of hydrogen-bond acceptors (Lipinski definition) is 1. The molecule has 0 aromatic carbocycles. The first-order valence-corrected chi connectivity index (χ1v) is 5.16. The third kappa shape index (κ3) is 1.70. The lowest BCUT2D eigenvalue weighted by molar-refractivity contribution is 0.263. The highest BCUT2D eigenvalue weighted by atomic mass is 35.5. The molecular formula is C9H15ClO. The standard InChI is InChI=1S/C9H15ClO/c10-6-8-9(11-8)7-4-2-1-3-5-7/h7-9H,1-6H2/t8-,9-/m0/s1. The summed E-state index contributed by atoms with van der Waals surface area (Å²) >= 11 is 5.69. The van der Waals surface area contributed by atoms with Crippen LogP contribution in [0.2, 0.25) is 0 Å². The minimum atomic E-state index is 0.403. The zero-order valence-corrected chi connectivity index (χ0v) is 7.52. The second kappa shape index (κ2) is 3.32. The molecule has 0 bridgehead atoms. The molecule has 0 N–H and O–H groups in total. The summed E-state index contributed by atoms with van der Waals surface area (Å²) in [5.74, 6) is 1.54. The van der Waals surface area contributed by atoms with E-state index >= 15 is 0 Å². The van der Waals surface area contributed by atoms with Crippen molar-refractivity contribution in [2.75, 3.05) is 5.88 Å². The van der Waals surface area contributed by atoms with Crippen molar-refractivity contribution in [1.29, 1.82) is 0 Å². The Balaban J connectivity index is 1.77. The molecule has 0 unspecified atom stereocenters. The molecular weight excluding hydrogens is 160 g/mol. The van der Waals surface area contributed by atoms with Gasteiger partial charge in [0.15, 0.2) is 0 Å². The average Bonchev–Trinajstić information content (AvgIpc) is 2.85. The summed E-state index contributed by atoms with van der Waals surface area (Å²) in [5, 5.41) is 0. The molecule has 1 saturated carbocycles. The molecule has 0 aromatic rings. The second-order valence-electron chi connectivity index (χ2n) is 3.69. The summed E-state index contributed by atoms with van der Waals surface area (Å²) in [5.41, 5.74) is 0. The van der Waals surface area contributed by atoms with E-state index in [1.54, 1.807) is 0 Å². The Kier molecular flexibility index (Phi) is 2.38. The van der Waals surface area contributed by atoms with Gasteiger partial charge in [-0.1, -0.05) is 19.3 Å². The van der Waals surface area contributed by atoms with E-state index in [-0.39, 0.29) is 0 Å². The van der Waals surface area contributed by atoms with Crippen LogP contribution in [0.25, 0.3) is 0 Å². The Morgan fingerprint density at radius 2 is 1.91 bits per heavy atom. The Hall–Kier alpha value is 0.250. The number of halogens is 1. The Bertz CT molecular complexity index is 132. The molecule has 11 heavy (non-hydrogen) atoms. The van der Waals surface area contributed by atoms with Gasteiger partial charge in [-0.15, -0.1) is 11.6 Å². The van der Waals surface area contributed by atoms with Crippen LogP contribution >= 0.6 is 11.6 Å². The minimum Gasteiger partial charge on any atom is -0.368 e. The summed E-state index contributed by atoms with van der Waals surface area (Å²) in [6, 6.07) is 0. The van der Waals surface area contributed by atoms with Crippen LogP contribution in [0.4, 0.5) is 0 Å². The van der Waals surface area contributed by atoms with Crippen molar-refractivity contribution in [3.8, 4) is 0 Å². The lowest BCUT2D eigenvalue weighted by Crippen LogP contribution is -2.14. The van der Waals surface area contributed by atoms with Crippen molar-refractivity contribution in [1.82, 2.24) is 0 Å². The Labute approximate surface area is 73.1 Å². The topological polar surface area (TPSA) is 12.5 Å².